The Hall–Kier alpha value is -0.340. The van der Waals surface area contributed by atoms with Gasteiger partial charge in [0.25, 0.3) is 0 Å². The highest BCUT2D eigenvalue weighted by Gasteiger charge is 2.52. The summed E-state index contributed by atoms with van der Waals surface area (Å²) in [5.41, 5.74) is 3.88. The molecule has 0 saturated heterocycles. The van der Waals surface area contributed by atoms with Crippen molar-refractivity contribution in [2.24, 2.45) is 23.7 Å². The molecule has 2 heterocycles. The molecule has 2 heteroatoms. The minimum Gasteiger partial charge on any atom is -0.138 e. The van der Waals surface area contributed by atoms with Gasteiger partial charge in [-0.2, -0.15) is 0 Å². The normalized spacial score (nSPS) is 45.6. The molecule has 4 fully saturated rings. The van der Waals surface area contributed by atoms with E-state index in [2.05, 4.69) is 22.7 Å². The van der Waals surface area contributed by atoms with Gasteiger partial charge in [0, 0.05) is 19.2 Å². The minimum atomic E-state index is 0.946. The van der Waals surface area contributed by atoms with Crippen molar-refractivity contribution >= 4 is 32.1 Å². The van der Waals surface area contributed by atoms with E-state index in [0.29, 0.717) is 0 Å². The summed E-state index contributed by atoms with van der Waals surface area (Å²) in [4.78, 5) is 3.83. The highest BCUT2D eigenvalue weighted by Crippen LogP contribution is 2.67. The Balaban J connectivity index is 1.39. The fraction of sp³-hybridized carbons (Fsp3) is 0.769. The molecule has 0 N–H and O–H groups in total. The molecule has 0 spiro atoms. The molecule has 6 aliphatic carbocycles. The predicted octanol–water partition coefficient (Wildman–Crippen LogP) is 8.52. The molecule has 148 valence electrons. The fourth-order valence-corrected chi connectivity index (χ4v) is 13.2. The first-order valence-corrected chi connectivity index (χ1v) is 14.1. The quantitative estimate of drug-likeness (QED) is 0.410. The molecule has 0 bridgehead atoms. The molecular formula is C26H32S2. The van der Waals surface area contributed by atoms with Crippen molar-refractivity contribution in [1.82, 2.24) is 0 Å². The lowest BCUT2D eigenvalue weighted by molar-refractivity contribution is 0.271. The third-order valence-electron chi connectivity index (χ3n) is 10.4. The second-order valence-electron chi connectivity index (χ2n) is 11.2. The largest absolute Gasteiger partial charge is 0.138 e. The molecule has 0 nitrogen and oxygen atoms in total. The summed E-state index contributed by atoms with van der Waals surface area (Å²) in [7, 11) is 0. The van der Waals surface area contributed by atoms with E-state index in [0.717, 1.165) is 47.3 Å². The highest BCUT2D eigenvalue weighted by molar-refractivity contribution is 7.28. The Morgan fingerprint density at radius 2 is 0.786 bits per heavy atom. The van der Waals surface area contributed by atoms with Crippen molar-refractivity contribution in [3.63, 3.8) is 0 Å². The monoisotopic (exact) mass is 408 g/mol. The Morgan fingerprint density at radius 3 is 1.21 bits per heavy atom. The van der Waals surface area contributed by atoms with Crippen LogP contribution >= 0.6 is 22.7 Å². The van der Waals surface area contributed by atoms with Crippen LogP contribution < -0.4 is 0 Å². The number of rotatable bonds is 0. The van der Waals surface area contributed by atoms with Gasteiger partial charge in [-0.15, -0.1) is 22.7 Å². The SMILES string of the molecule is C1CC2c3sc4c5c(sc4c3C3CCCC3C2C1)[C@H]1CCCC1C1CCCC51. The van der Waals surface area contributed by atoms with Gasteiger partial charge in [0.15, 0.2) is 0 Å². The summed E-state index contributed by atoms with van der Waals surface area (Å²) >= 11 is 4.68. The van der Waals surface area contributed by atoms with E-state index in [-0.39, 0.29) is 0 Å². The Bertz CT molecular complexity index is 885. The van der Waals surface area contributed by atoms with Gasteiger partial charge in [0.2, 0.25) is 0 Å². The number of thiophene rings is 2. The van der Waals surface area contributed by atoms with Gasteiger partial charge in [-0.3, -0.25) is 0 Å². The highest BCUT2D eigenvalue weighted by atomic mass is 32.1. The molecular weight excluding hydrogens is 376 g/mol. The standard InChI is InChI=1S/C26H32S2/c1-5-13-15-7-3-11-19(15)23-21(17(13)9-1)25-26(27-23)22-18-10-2-6-14(18)16-8-4-12-20(16)24(22)28-25/h13-20H,1-12H2/t13?,14?,15?,16?,17?,18?,19-,20?/m0/s1. The van der Waals surface area contributed by atoms with E-state index >= 15 is 0 Å². The van der Waals surface area contributed by atoms with Crippen molar-refractivity contribution in [3.05, 3.63) is 20.9 Å². The molecule has 0 aromatic carbocycles. The molecule has 2 aromatic heterocycles. The molecule has 6 aliphatic rings. The van der Waals surface area contributed by atoms with Crippen LogP contribution in [-0.4, -0.2) is 0 Å². The first kappa shape index (κ1) is 16.4. The summed E-state index contributed by atoms with van der Waals surface area (Å²) in [5, 5.41) is 0. The van der Waals surface area contributed by atoms with Gasteiger partial charge in [0.05, 0.1) is 0 Å². The van der Waals surface area contributed by atoms with Crippen LogP contribution in [0.5, 0.6) is 0 Å². The molecule has 2 aromatic rings. The zero-order chi connectivity index (χ0) is 18.0. The smallest absolute Gasteiger partial charge is 0.0494 e. The van der Waals surface area contributed by atoms with Gasteiger partial charge in [0.1, 0.15) is 0 Å². The summed E-state index contributed by atoms with van der Waals surface area (Å²) in [6.07, 6.45) is 18.2. The van der Waals surface area contributed by atoms with Crippen LogP contribution in [0.25, 0.3) is 9.40 Å². The van der Waals surface area contributed by atoms with Gasteiger partial charge in [-0.25, -0.2) is 0 Å². The van der Waals surface area contributed by atoms with Gasteiger partial charge in [-0.1, -0.05) is 25.7 Å². The zero-order valence-corrected chi connectivity index (χ0v) is 18.6. The topological polar surface area (TPSA) is 0 Å². The van der Waals surface area contributed by atoms with E-state index in [1.807, 2.05) is 30.3 Å². The minimum absolute atomic E-state index is 0.946. The molecule has 0 radical (unpaired) electrons. The molecule has 28 heavy (non-hydrogen) atoms. The summed E-state index contributed by atoms with van der Waals surface area (Å²) in [5.74, 6) is 8.02. The van der Waals surface area contributed by atoms with E-state index in [9.17, 15) is 0 Å². The number of hydrogen-bond acceptors (Lipinski definition) is 2. The predicted molar refractivity (Wildman–Crippen MR) is 120 cm³/mol. The van der Waals surface area contributed by atoms with Crippen molar-refractivity contribution in [3.8, 4) is 0 Å². The van der Waals surface area contributed by atoms with Crippen molar-refractivity contribution in [2.45, 2.75) is 101 Å². The first-order valence-electron chi connectivity index (χ1n) is 12.5. The van der Waals surface area contributed by atoms with Crippen LogP contribution in [-0.2, 0) is 0 Å². The molecule has 8 atom stereocenters. The third kappa shape index (κ3) is 1.86. The average molecular weight is 409 g/mol. The van der Waals surface area contributed by atoms with Crippen LogP contribution in [0.4, 0.5) is 0 Å². The van der Waals surface area contributed by atoms with Gasteiger partial charge in [-0.05, 0) is 110 Å². The second kappa shape index (κ2) is 5.67. The maximum Gasteiger partial charge on any atom is 0.0494 e. The molecule has 8 rings (SSSR count). The lowest BCUT2D eigenvalue weighted by Crippen LogP contribution is -2.26. The van der Waals surface area contributed by atoms with Crippen LogP contribution in [0.2, 0.25) is 0 Å². The van der Waals surface area contributed by atoms with Crippen molar-refractivity contribution < 1.29 is 0 Å². The lowest BCUT2D eigenvalue weighted by Gasteiger charge is -2.37. The van der Waals surface area contributed by atoms with Crippen molar-refractivity contribution in [1.29, 1.82) is 0 Å². The van der Waals surface area contributed by atoms with E-state index < -0.39 is 0 Å². The van der Waals surface area contributed by atoms with Crippen LogP contribution in [0.15, 0.2) is 0 Å². The van der Waals surface area contributed by atoms with E-state index in [1.165, 1.54) is 51.4 Å². The number of fused-ring (bicyclic) bond motifs is 15. The van der Waals surface area contributed by atoms with Crippen molar-refractivity contribution in [2.75, 3.05) is 0 Å². The molecule has 7 unspecified atom stereocenters. The Kier molecular flexibility index (Phi) is 3.31. The first-order chi connectivity index (χ1) is 13.9. The second-order valence-corrected chi connectivity index (χ2v) is 13.3. The average Bonchev–Trinajstić information content (AvgIpc) is 3.51. The van der Waals surface area contributed by atoms with E-state index in [4.69, 9.17) is 0 Å². The van der Waals surface area contributed by atoms with Gasteiger partial charge >= 0.3 is 0 Å². The molecule has 0 aliphatic heterocycles. The van der Waals surface area contributed by atoms with Crippen LogP contribution in [0.1, 0.15) is 122 Å². The van der Waals surface area contributed by atoms with Gasteiger partial charge < -0.3 is 0 Å². The summed E-state index contributed by atoms with van der Waals surface area (Å²) in [6.45, 7) is 0. The number of hydrogen-bond donors (Lipinski definition) is 0. The van der Waals surface area contributed by atoms with E-state index in [1.54, 1.807) is 25.7 Å². The van der Waals surface area contributed by atoms with Crippen LogP contribution in [0.3, 0.4) is 0 Å². The fourth-order valence-electron chi connectivity index (χ4n) is 9.63. The van der Waals surface area contributed by atoms with Crippen LogP contribution in [0, 0.1) is 23.7 Å². The third-order valence-corrected chi connectivity index (χ3v) is 13.3. The Labute approximate surface area is 177 Å². The molecule has 0 amide bonds. The maximum absolute atomic E-state index is 2.34. The zero-order valence-electron chi connectivity index (χ0n) is 16.9. The Morgan fingerprint density at radius 1 is 0.429 bits per heavy atom. The summed E-state index contributed by atoms with van der Waals surface area (Å²) < 4.78 is 3.68. The maximum atomic E-state index is 2.34. The molecule has 4 saturated carbocycles. The summed E-state index contributed by atoms with van der Waals surface area (Å²) in [6, 6.07) is 0. The lowest BCUT2D eigenvalue weighted by atomic mass is 9.68.